The standard InChI is InChI=1S/C22H28N2O3S/c1-28(26,27)21-11-9-20(10-12-21)23-22(25)17-24-15-13-19(14-16-24)8-7-18-5-3-2-4-6-18/h2-6,9-12,19H,7-8,13-17H2,1H3,(H,23,25). The van der Waals surface area contributed by atoms with Crippen LogP contribution in [0, 0.1) is 5.92 Å². The Hall–Kier alpha value is -2.18. The van der Waals surface area contributed by atoms with Crippen molar-refractivity contribution in [3.63, 3.8) is 0 Å². The molecule has 150 valence electrons. The van der Waals surface area contributed by atoms with E-state index in [1.54, 1.807) is 12.1 Å². The molecule has 1 aliphatic heterocycles. The normalized spacial score (nSPS) is 16.0. The molecule has 0 atom stereocenters. The quantitative estimate of drug-likeness (QED) is 0.774. The number of amides is 1. The minimum Gasteiger partial charge on any atom is -0.325 e. The summed E-state index contributed by atoms with van der Waals surface area (Å²) >= 11 is 0. The van der Waals surface area contributed by atoms with Crippen molar-refractivity contribution in [1.82, 2.24) is 4.90 Å². The number of sulfone groups is 1. The predicted molar refractivity (Wildman–Crippen MR) is 112 cm³/mol. The van der Waals surface area contributed by atoms with Gasteiger partial charge in [-0.1, -0.05) is 30.3 Å². The number of carbonyl (C=O) groups excluding carboxylic acids is 1. The molecule has 6 heteroatoms. The summed E-state index contributed by atoms with van der Waals surface area (Å²) in [4.78, 5) is 14.7. The van der Waals surface area contributed by atoms with Crippen molar-refractivity contribution in [1.29, 1.82) is 0 Å². The van der Waals surface area contributed by atoms with E-state index >= 15 is 0 Å². The number of benzene rings is 2. The van der Waals surface area contributed by atoms with Gasteiger partial charge in [0.15, 0.2) is 9.84 Å². The fraction of sp³-hybridized carbons (Fsp3) is 0.409. The lowest BCUT2D eigenvalue weighted by Gasteiger charge is -2.31. The lowest BCUT2D eigenvalue weighted by atomic mass is 9.90. The van der Waals surface area contributed by atoms with Crippen LogP contribution < -0.4 is 5.32 Å². The number of carbonyl (C=O) groups is 1. The van der Waals surface area contributed by atoms with Crippen LogP contribution in [0.25, 0.3) is 0 Å². The van der Waals surface area contributed by atoms with Crippen LogP contribution in [0.4, 0.5) is 5.69 Å². The van der Waals surface area contributed by atoms with Gasteiger partial charge < -0.3 is 5.32 Å². The fourth-order valence-corrected chi connectivity index (χ4v) is 4.27. The van der Waals surface area contributed by atoms with Gasteiger partial charge in [-0.15, -0.1) is 0 Å². The minimum absolute atomic E-state index is 0.0603. The van der Waals surface area contributed by atoms with Crippen molar-refractivity contribution < 1.29 is 13.2 Å². The monoisotopic (exact) mass is 400 g/mol. The highest BCUT2D eigenvalue weighted by atomic mass is 32.2. The van der Waals surface area contributed by atoms with Gasteiger partial charge in [-0.2, -0.15) is 0 Å². The van der Waals surface area contributed by atoms with E-state index in [1.807, 2.05) is 6.07 Å². The Balaban J connectivity index is 1.40. The van der Waals surface area contributed by atoms with Crippen LogP contribution in [0.15, 0.2) is 59.5 Å². The maximum Gasteiger partial charge on any atom is 0.238 e. The lowest BCUT2D eigenvalue weighted by Crippen LogP contribution is -2.39. The molecule has 0 aromatic heterocycles. The van der Waals surface area contributed by atoms with E-state index in [-0.39, 0.29) is 10.8 Å². The van der Waals surface area contributed by atoms with Crippen LogP contribution in [0.5, 0.6) is 0 Å². The second-order valence-corrected chi connectivity index (χ2v) is 9.60. The predicted octanol–water partition coefficient (Wildman–Crippen LogP) is 3.37. The van der Waals surface area contributed by atoms with Crippen molar-refractivity contribution in [2.75, 3.05) is 31.2 Å². The number of rotatable bonds is 7. The summed E-state index contributed by atoms with van der Waals surface area (Å²) in [5.74, 6) is 0.665. The van der Waals surface area contributed by atoms with Crippen LogP contribution in [-0.2, 0) is 21.1 Å². The molecular formula is C22H28N2O3S. The number of likely N-dealkylation sites (tertiary alicyclic amines) is 1. The zero-order chi connectivity index (χ0) is 20.0. The Bertz CT molecular complexity index is 872. The number of hydrogen-bond donors (Lipinski definition) is 1. The van der Waals surface area contributed by atoms with Crippen molar-refractivity contribution in [2.24, 2.45) is 5.92 Å². The van der Waals surface area contributed by atoms with Gasteiger partial charge >= 0.3 is 0 Å². The Morgan fingerprint density at radius 3 is 2.29 bits per heavy atom. The van der Waals surface area contributed by atoms with E-state index < -0.39 is 9.84 Å². The second-order valence-electron chi connectivity index (χ2n) is 7.59. The summed E-state index contributed by atoms with van der Waals surface area (Å²) in [6.07, 6.45) is 5.75. The molecule has 1 heterocycles. The first-order valence-electron chi connectivity index (χ1n) is 9.76. The molecule has 0 radical (unpaired) electrons. The molecule has 1 saturated heterocycles. The van der Waals surface area contributed by atoms with Crippen molar-refractivity contribution in [2.45, 2.75) is 30.6 Å². The third-order valence-electron chi connectivity index (χ3n) is 5.32. The first-order chi connectivity index (χ1) is 13.4. The highest BCUT2D eigenvalue weighted by Crippen LogP contribution is 2.22. The molecule has 0 spiro atoms. The van der Waals surface area contributed by atoms with E-state index in [0.717, 1.165) is 38.3 Å². The number of aryl methyl sites for hydroxylation is 1. The first kappa shape index (κ1) is 20.6. The molecule has 1 aliphatic rings. The SMILES string of the molecule is CS(=O)(=O)c1ccc(NC(=O)CN2CCC(CCc3ccccc3)CC2)cc1. The molecule has 0 saturated carbocycles. The van der Waals surface area contributed by atoms with Crippen molar-refractivity contribution >= 4 is 21.4 Å². The van der Waals surface area contributed by atoms with E-state index in [1.165, 1.54) is 30.4 Å². The number of nitrogens with zero attached hydrogens (tertiary/aromatic N) is 1. The average Bonchev–Trinajstić information content (AvgIpc) is 2.68. The summed E-state index contributed by atoms with van der Waals surface area (Å²) in [6.45, 7) is 2.26. The molecule has 1 amide bonds. The van der Waals surface area contributed by atoms with Gasteiger partial charge in [0.2, 0.25) is 5.91 Å². The highest BCUT2D eigenvalue weighted by molar-refractivity contribution is 7.90. The van der Waals surface area contributed by atoms with Crippen LogP contribution in [0.3, 0.4) is 0 Å². The smallest absolute Gasteiger partial charge is 0.238 e. The molecule has 3 rings (SSSR count). The Labute approximate surface area is 167 Å². The summed E-state index contributed by atoms with van der Waals surface area (Å²) in [5, 5.41) is 2.85. The molecule has 0 unspecified atom stereocenters. The van der Waals surface area contributed by atoms with Gasteiger partial charge in [-0.25, -0.2) is 8.42 Å². The molecule has 5 nitrogen and oxygen atoms in total. The zero-order valence-corrected chi connectivity index (χ0v) is 17.1. The first-order valence-corrected chi connectivity index (χ1v) is 11.7. The van der Waals surface area contributed by atoms with E-state index in [4.69, 9.17) is 0 Å². The highest BCUT2D eigenvalue weighted by Gasteiger charge is 2.20. The van der Waals surface area contributed by atoms with Gasteiger partial charge in [-0.3, -0.25) is 9.69 Å². The molecule has 2 aromatic rings. The number of piperidine rings is 1. The number of nitrogens with one attached hydrogen (secondary N) is 1. The Morgan fingerprint density at radius 2 is 1.68 bits per heavy atom. The molecule has 0 bridgehead atoms. The van der Waals surface area contributed by atoms with Crippen LogP contribution >= 0.6 is 0 Å². The van der Waals surface area contributed by atoms with Crippen LogP contribution in [0.1, 0.15) is 24.8 Å². The average molecular weight is 401 g/mol. The maximum atomic E-state index is 12.3. The summed E-state index contributed by atoms with van der Waals surface area (Å²) in [5.41, 5.74) is 2.02. The van der Waals surface area contributed by atoms with Crippen LogP contribution in [-0.4, -0.2) is 45.1 Å². The van der Waals surface area contributed by atoms with E-state index in [0.29, 0.717) is 12.2 Å². The molecule has 28 heavy (non-hydrogen) atoms. The Morgan fingerprint density at radius 1 is 1.04 bits per heavy atom. The molecule has 0 aliphatic carbocycles. The minimum atomic E-state index is -3.22. The lowest BCUT2D eigenvalue weighted by molar-refractivity contribution is -0.117. The second kappa shape index (κ2) is 9.34. The van der Waals surface area contributed by atoms with Gasteiger partial charge in [0, 0.05) is 11.9 Å². The largest absolute Gasteiger partial charge is 0.325 e. The third-order valence-corrected chi connectivity index (χ3v) is 6.45. The topological polar surface area (TPSA) is 66.5 Å². The summed E-state index contributed by atoms with van der Waals surface area (Å²) in [6, 6.07) is 16.9. The zero-order valence-electron chi connectivity index (χ0n) is 16.3. The molecule has 2 aromatic carbocycles. The van der Waals surface area contributed by atoms with Crippen LogP contribution in [0.2, 0.25) is 0 Å². The van der Waals surface area contributed by atoms with Crippen molar-refractivity contribution in [3.8, 4) is 0 Å². The molecule has 1 N–H and O–H groups in total. The van der Waals surface area contributed by atoms with E-state index in [9.17, 15) is 13.2 Å². The maximum absolute atomic E-state index is 12.3. The van der Waals surface area contributed by atoms with E-state index in [2.05, 4.69) is 34.5 Å². The third kappa shape index (κ3) is 6.17. The van der Waals surface area contributed by atoms with Gasteiger partial charge in [0.05, 0.1) is 11.4 Å². The summed E-state index contributed by atoms with van der Waals surface area (Å²) < 4.78 is 23.0. The van der Waals surface area contributed by atoms with Gasteiger partial charge in [-0.05, 0) is 74.5 Å². The van der Waals surface area contributed by atoms with Gasteiger partial charge in [0.25, 0.3) is 0 Å². The fourth-order valence-electron chi connectivity index (χ4n) is 3.64. The number of anilines is 1. The van der Waals surface area contributed by atoms with Gasteiger partial charge in [0.1, 0.15) is 0 Å². The molecular weight excluding hydrogens is 372 g/mol. The number of hydrogen-bond acceptors (Lipinski definition) is 4. The Kier molecular flexibility index (Phi) is 6.86. The van der Waals surface area contributed by atoms with Crippen molar-refractivity contribution in [3.05, 3.63) is 60.2 Å². The summed E-state index contributed by atoms with van der Waals surface area (Å²) in [7, 11) is -3.22. The molecule has 1 fully saturated rings.